The second kappa shape index (κ2) is 6.02. The van der Waals surface area contributed by atoms with Gasteiger partial charge in [0.2, 0.25) is 0 Å². The largest absolute Gasteiger partial charge is 0.506 e. The molecule has 0 spiro atoms. The van der Waals surface area contributed by atoms with Crippen LogP contribution in [-0.4, -0.2) is 10.1 Å². The molecule has 2 aromatic heterocycles. The number of H-pyrrole nitrogens is 1. The number of thiophene rings is 1. The first-order chi connectivity index (χ1) is 11.0. The van der Waals surface area contributed by atoms with Gasteiger partial charge in [-0.05, 0) is 12.1 Å². The Balaban J connectivity index is 2.03. The molecule has 0 amide bonds. The molecule has 1 aromatic carbocycles. The van der Waals surface area contributed by atoms with Crippen LogP contribution in [-0.2, 0) is 5.75 Å². The van der Waals surface area contributed by atoms with Crippen LogP contribution in [0.25, 0.3) is 10.2 Å². The van der Waals surface area contributed by atoms with E-state index in [1.807, 2.05) is 6.07 Å². The molecule has 0 fully saturated rings. The van der Waals surface area contributed by atoms with Crippen molar-refractivity contribution < 1.29 is 13.9 Å². The first kappa shape index (κ1) is 15.5. The number of hydrogen-bond acceptors (Lipinski definition) is 5. The summed E-state index contributed by atoms with van der Waals surface area (Å²) in [6.07, 6.45) is 0. The molecular weight excluding hydrogens is 342 g/mol. The molecule has 0 aliphatic carbocycles. The van der Waals surface area contributed by atoms with E-state index in [2.05, 4.69) is 4.98 Å². The van der Waals surface area contributed by atoms with Crippen molar-refractivity contribution in [2.75, 3.05) is 0 Å². The number of nitriles is 1. The van der Waals surface area contributed by atoms with E-state index in [1.54, 1.807) is 0 Å². The van der Waals surface area contributed by atoms with Crippen LogP contribution in [0.2, 0.25) is 0 Å². The summed E-state index contributed by atoms with van der Waals surface area (Å²) >= 11 is 2.17. The van der Waals surface area contributed by atoms with E-state index in [1.165, 1.54) is 18.2 Å². The number of benzene rings is 1. The molecular formula is C15H8F2N2O2S2. The molecule has 4 nitrogen and oxygen atoms in total. The third kappa shape index (κ3) is 2.81. The first-order valence-corrected chi connectivity index (χ1v) is 8.16. The number of hydrogen-bond donors (Lipinski definition) is 2. The summed E-state index contributed by atoms with van der Waals surface area (Å²) in [6, 6.07) is 6.59. The zero-order valence-corrected chi connectivity index (χ0v) is 13.0. The maximum Gasteiger partial charge on any atom is 0.252 e. The van der Waals surface area contributed by atoms with Crippen molar-refractivity contribution in [2.24, 2.45) is 0 Å². The van der Waals surface area contributed by atoms with Crippen LogP contribution in [0.15, 0.2) is 33.3 Å². The normalized spacial score (nSPS) is 10.8. The average molecular weight is 350 g/mol. The zero-order chi connectivity index (χ0) is 16.6. The van der Waals surface area contributed by atoms with Crippen molar-refractivity contribution in [3.05, 3.63) is 57.4 Å². The number of aromatic hydroxyl groups is 1. The molecule has 0 aliphatic heterocycles. The molecule has 0 aliphatic rings. The predicted molar refractivity (Wildman–Crippen MR) is 84.7 cm³/mol. The summed E-state index contributed by atoms with van der Waals surface area (Å²) in [5.41, 5.74) is -0.198. The van der Waals surface area contributed by atoms with E-state index in [0.717, 1.165) is 29.2 Å². The molecule has 0 unspecified atom stereocenters. The van der Waals surface area contributed by atoms with Gasteiger partial charge >= 0.3 is 0 Å². The molecule has 3 rings (SSSR count). The topological polar surface area (TPSA) is 76.9 Å². The van der Waals surface area contributed by atoms with Crippen LogP contribution >= 0.6 is 23.1 Å². The Morgan fingerprint density at radius 1 is 1.35 bits per heavy atom. The highest BCUT2D eigenvalue weighted by molar-refractivity contribution is 8.00. The van der Waals surface area contributed by atoms with Gasteiger partial charge in [0, 0.05) is 17.4 Å². The van der Waals surface area contributed by atoms with Crippen molar-refractivity contribution in [1.29, 1.82) is 5.26 Å². The van der Waals surface area contributed by atoms with E-state index in [4.69, 9.17) is 0 Å². The second-order valence-electron chi connectivity index (χ2n) is 4.59. The number of thioether (sulfide) groups is 1. The minimum atomic E-state index is -0.659. The van der Waals surface area contributed by atoms with Gasteiger partial charge in [0.15, 0.2) is 0 Å². The molecule has 0 saturated carbocycles. The summed E-state index contributed by atoms with van der Waals surface area (Å²) in [6.45, 7) is 0. The summed E-state index contributed by atoms with van der Waals surface area (Å²) in [5, 5.41) is 19.1. The Hall–Kier alpha value is -2.37. The smallest absolute Gasteiger partial charge is 0.252 e. The molecule has 116 valence electrons. The molecule has 0 saturated heterocycles. The van der Waals surface area contributed by atoms with Gasteiger partial charge in [-0.2, -0.15) is 5.26 Å². The Morgan fingerprint density at radius 3 is 2.70 bits per heavy atom. The fourth-order valence-corrected chi connectivity index (χ4v) is 4.43. The Bertz CT molecular complexity index is 985. The number of aromatic amines is 1. The maximum atomic E-state index is 13.7. The van der Waals surface area contributed by atoms with Crippen molar-refractivity contribution in [3.8, 4) is 11.8 Å². The van der Waals surface area contributed by atoms with Crippen molar-refractivity contribution >= 4 is 33.3 Å². The number of nitrogens with one attached hydrogen (secondary N) is 1. The lowest BCUT2D eigenvalue weighted by atomic mass is 10.2. The number of halogens is 2. The standard InChI is InChI=1S/C15H8F2N2O2S2/c16-9-2-1-3-10(17)8(9)6-22-15-7(5-18)13-14(23-15)11(20)4-12(21)19-13/h1-4H,6H2,(H2,19,20,21). The first-order valence-electron chi connectivity index (χ1n) is 6.36. The number of aromatic nitrogens is 1. The highest BCUT2D eigenvalue weighted by Crippen LogP contribution is 2.41. The van der Waals surface area contributed by atoms with Crippen molar-refractivity contribution in [1.82, 2.24) is 4.98 Å². The lowest BCUT2D eigenvalue weighted by Gasteiger charge is -2.03. The molecule has 2 heterocycles. The molecule has 23 heavy (non-hydrogen) atoms. The van der Waals surface area contributed by atoms with Gasteiger partial charge in [0.25, 0.3) is 5.56 Å². The lowest BCUT2D eigenvalue weighted by Crippen LogP contribution is -2.02. The number of fused-ring (bicyclic) bond motifs is 1. The van der Waals surface area contributed by atoms with Crippen LogP contribution in [0, 0.1) is 23.0 Å². The maximum absolute atomic E-state index is 13.7. The van der Waals surface area contributed by atoms with Crippen LogP contribution in [0.3, 0.4) is 0 Å². The molecule has 8 heteroatoms. The van der Waals surface area contributed by atoms with Crippen molar-refractivity contribution in [3.63, 3.8) is 0 Å². The fraction of sp³-hybridized carbons (Fsp3) is 0.0667. The quantitative estimate of drug-likeness (QED) is 0.706. The minimum absolute atomic E-state index is 0.00893. The van der Waals surface area contributed by atoms with E-state index in [0.29, 0.717) is 8.91 Å². The monoisotopic (exact) mass is 350 g/mol. The number of nitrogens with zero attached hydrogens (tertiary/aromatic N) is 1. The van der Waals surface area contributed by atoms with Crippen LogP contribution in [0.1, 0.15) is 11.1 Å². The highest BCUT2D eigenvalue weighted by Gasteiger charge is 2.18. The summed E-state index contributed by atoms with van der Waals surface area (Å²) < 4.78 is 28.1. The zero-order valence-electron chi connectivity index (χ0n) is 11.4. The van der Waals surface area contributed by atoms with E-state index < -0.39 is 17.2 Å². The lowest BCUT2D eigenvalue weighted by molar-refractivity contribution is 0.481. The van der Waals surface area contributed by atoms with Crippen LogP contribution in [0.5, 0.6) is 5.75 Å². The minimum Gasteiger partial charge on any atom is -0.506 e. The molecule has 0 bridgehead atoms. The summed E-state index contributed by atoms with van der Waals surface area (Å²) in [7, 11) is 0. The Morgan fingerprint density at radius 2 is 2.04 bits per heavy atom. The predicted octanol–water partition coefficient (Wildman–Crippen LogP) is 3.74. The van der Waals surface area contributed by atoms with Gasteiger partial charge in [-0.25, -0.2) is 8.78 Å². The van der Waals surface area contributed by atoms with Crippen LogP contribution in [0.4, 0.5) is 8.78 Å². The van der Waals surface area contributed by atoms with Crippen molar-refractivity contribution in [2.45, 2.75) is 9.96 Å². The number of rotatable bonds is 3. The number of pyridine rings is 1. The molecule has 0 radical (unpaired) electrons. The van der Waals surface area contributed by atoms with E-state index in [9.17, 15) is 23.9 Å². The third-order valence-corrected chi connectivity index (χ3v) is 5.66. The third-order valence-electron chi connectivity index (χ3n) is 3.15. The fourth-order valence-electron chi connectivity index (χ4n) is 2.07. The molecule has 2 N–H and O–H groups in total. The van der Waals surface area contributed by atoms with Gasteiger partial charge in [0.1, 0.15) is 29.0 Å². The highest BCUT2D eigenvalue weighted by atomic mass is 32.2. The van der Waals surface area contributed by atoms with E-state index in [-0.39, 0.29) is 28.1 Å². The molecule has 3 aromatic rings. The van der Waals surface area contributed by atoms with Gasteiger partial charge in [-0.3, -0.25) is 4.79 Å². The van der Waals surface area contributed by atoms with Gasteiger partial charge < -0.3 is 10.1 Å². The average Bonchev–Trinajstić information content (AvgIpc) is 2.84. The Kier molecular flexibility index (Phi) is 4.07. The van der Waals surface area contributed by atoms with Gasteiger partial charge in [-0.1, -0.05) is 6.07 Å². The van der Waals surface area contributed by atoms with Gasteiger partial charge in [-0.15, -0.1) is 23.1 Å². The molecule has 0 atom stereocenters. The van der Waals surface area contributed by atoms with E-state index >= 15 is 0 Å². The van der Waals surface area contributed by atoms with Crippen LogP contribution < -0.4 is 5.56 Å². The Labute approximate surface area is 137 Å². The second-order valence-corrected chi connectivity index (χ2v) is 6.85. The summed E-state index contributed by atoms with van der Waals surface area (Å²) in [5.74, 6) is -1.55. The van der Waals surface area contributed by atoms with Gasteiger partial charge in [0.05, 0.1) is 14.4 Å². The SMILES string of the molecule is N#Cc1c(SCc2c(F)cccc2F)sc2c(O)cc(=O)[nH]c12. The summed E-state index contributed by atoms with van der Waals surface area (Å²) in [4.78, 5) is 13.9.